The molecule has 1 aromatic carbocycles. The van der Waals surface area contributed by atoms with Crippen molar-refractivity contribution in [3.63, 3.8) is 0 Å². The van der Waals surface area contributed by atoms with E-state index in [1.54, 1.807) is 23.1 Å². The van der Waals surface area contributed by atoms with Crippen molar-refractivity contribution in [2.45, 2.75) is 37.5 Å². The lowest BCUT2D eigenvalue weighted by molar-refractivity contribution is -0.129. The predicted octanol–water partition coefficient (Wildman–Crippen LogP) is 5.02. The number of carbonyl (C=O) groups is 1. The normalized spacial score (nSPS) is 18.0. The van der Waals surface area contributed by atoms with Crippen LogP contribution < -0.4 is 0 Å². The summed E-state index contributed by atoms with van der Waals surface area (Å²) in [6.45, 7) is 5.86. The van der Waals surface area contributed by atoms with Gasteiger partial charge in [0.1, 0.15) is 0 Å². The Morgan fingerprint density at radius 2 is 2.25 bits per heavy atom. The van der Waals surface area contributed by atoms with E-state index in [9.17, 15) is 4.79 Å². The highest BCUT2D eigenvalue weighted by Gasteiger charge is 2.26. The first-order valence-corrected chi connectivity index (χ1v) is 10.8. The Morgan fingerprint density at radius 3 is 3.00 bits per heavy atom. The standard InChI is InChI=1S/C18H21BrN2OS2/c1-12-9-16(13(2)8-15(12)19)24-11-17(22)21-6-3-4-14(10-21)18-20-5-7-23-18/h5,7-9,14H,3-4,6,10-11H2,1-2H3. The van der Waals surface area contributed by atoms with E-state index in [1.807, 2.05) is 16.5 Å². The zero-order chi connectivity index (χ0) is 17.1. The third-order valence-corrected chi connectivity index (χ3v) is 7.32. The van der Waals surface area contributed by atoms with Crippen LogP contribution in [0.25, 0.3) is 0 Å². The van der Waals surface area contributed by atoms with E-state index in [0.29, 0.717) is 11.7 Å². The van der Waals surface area contributed by atoms with Crippen molar-refractivity contribution in [2.24, 2.45) is 0 Å². The number of thiazole rings is 1. The fraction of sp³-hybridized carbons (Fsp3) is 0.444. The maximum Gasteiger partial charge on any atom is 0.232 e. The van der Waals surface area contributed by atoms with Crippen LogP contribution in [0.3, 0.4) is 0 Å². The number of rotatable bonds is 4. The second-order valence-electron chi connectivity index (χ2n) is 6.20. The summed E-state index contributed by atoms with van der Waals surface area (Å²) >= 11 is 6.90. The Labute approximate surface area is 160 Å². The molecular weight excluding hydrogens is 404 g/mol. The van der Waals surface area contributed by atoms with Gasteiger partial charge in [-0.2, -0.15) is 0 Å². The number of halogens is 1. The summed E-state index contributed by atoms with van der Waals surface area (Å²) in [6.07, 6.45) is 4.06. The van der Waals surface area contributed by atoms with Gasteiger partial charge in [-0.15, -0.1) is 23.1 Å². The minimum atomic E-state index is 0.237. The number of hydrogen-bond donors (Lipinski definition) is 0. The number of thioether (sulfide) groups is 1. The van der Waals surface area contributed by atoms with Gasteiger partial charge in [-0.1, -0.05) is 15.9 Å². The van der Waals surface area contributed by atoms with Crippen molar-refractivity contribution in [2.75, 3.05) is 18.8 Å². The number of carbonyl (C=O) groups excluding carboxylic acids is 1. The maximum atomic E-state index is 12.6. The molecule has 2 heterocycles. The third kappa shape index (κ3) is 4.21. The first kappa shape index (κ1) is 18.0. The summed E-state index contributed by atoms with van der Waals surface area (Å²) in [5, 5.41) is 3.18. The second kappa shape index (κ2) is 8.02. The van der Waals surface area contributed by atoms with Crippen LogP contribution in [0, 0.1) is 13.8 Å². The smallest absolute Gasteiger partial charge is 0.232 e. The summed E-state index contributed by atoms with van der Waals surface area (Å²) in [4.78, 5) is 20.3. The molecule has 3 rings (SSSR count). The van der Waals surface area contributed by atoms with Crippen LogP contribution in [0.15, 0.2) is 33.1 Å². The number of aromatic nitrogens is 1. The van der Waals surface area contributed by atoms with Gasteiger partial charge in [0.25, 0.3) is 0 Å². The van der Waals surface area contributed by atoms with E-state index in [-0.39, 0.29) is 5.91 Å². The highest BCUT2D eigenvalue weighted by molar-refractivity contribution is 9.10. The molecule has 1 atom stereocenters. The molecule has 1 aliphatic heterocycles. The quantitative estimate of drug-likeness (QED) is 0.645. The average Bonchev–Trinajstić information content (AvgIpc) is 3.11. The molecule has 0 spiro atoms. The van der Waals surface area contributed by atoms with E-state index >= 15 is 0 Å². The van der Waals surface area contributed by atoms with E-state index in [4.69, 9.17) is 0 Å². The zero-order valence-corrected chi connectivity index (χ0v) is 17.1. The van der Waals surface area contributed by atoms with Crippen molar-refractivity contribution >= 4 is 44.9 Å². The molecule has 3 nitrogen and oxygen atoms in total. The molecule has 1 aliphatic rings. The van der Waals surface area contributed by atoms with Gasteiger partial charge in [-0.25, -0.2) is 4.98 Å². The predicted molar refractivity (Wildman–Crippen MR) is 105 cm³/mol. The fourth-order valence-corrected chi connectivity index (χ4v) is 5.22. The molecule has 0 aliphatic carbocycles. The van der Waals surface area contributed by atoms with Crippen LogP contribution in [0.1, 0.15) is 34.9 Å². The fourth-order valence-electron chi connectivity index (χ4n) is 2.98. The summed E-state index contributed by atoms with van der Waals surface area (Å²) < 4.78 is 1.12. The Balaban J connectivity index is 1.60. The largest absolute Gasteiger partial charge is 0.341 e. The van der Waals surface area contributed by atoms with Gasteiger partial charge >= 0.3 is 0 Å². The van der Waals surface area contributed by atoms with Gasteiger partial charge < -0.3 is 4.90 Å². The minimum Gasteiger partial charge on any atom is -0.341 e. The molecule has 128 valence electrons. The highest BCUT2D eigenvalue weighted by atomic mass is 79.9. The lowest BCUT2D eigenvalue weighted by atomic mass is 9.99. The van der Waals surface area contributed by atoms with Gasteiger partial charge in [0.2, 0.25) is 5.91 Å². The van der Waals surface area contributed by atoms with Gasteiger partial charge in [-0.3, -0.25) is 4.79 Å². The number of amides is 1. The Hall–Kier alpha value is -0.850. The van der Waals surface area contributed by atoms with Gasteiger partial charge in [-0.05, 0) is 49.9 Å². The molecule has 1 unspecified atom stereocenters. The number of piperidine rings is 1. The average molecular weight is 425 g/mol. The molecule has 1 saturated heterocycles. The molecular formula is C18H21BrN2OS2. The monoisotopic (exact) mass is 424 g/mol. The molecule has 0 bridgehead atoms. The van der Waals surface area contributed by atoms with Crippen molar-refractivity contribution in [3.8, 4) is 0 Å². The van der Waals surface area contributed by atoms with Gasteiger partial charge in [0.05, 0.1) is 10.8 Å². The summed E-state index contributed by atoms with van der Waals surface area (Å²) in [5.41, 5.74) is 2.42. The highest BCUT2D eigenvalue weighted by Crippen LogP contribution is 2.31. The molecule has 24 heavy (non-hydrogen) atoms. The summed E-state index contributed by atoms with van der Waals surface area (Å²) in [6, 6.07) is 4.29. The molecule has 1 fully saturated rings. The minimum absolute atomic E-state index is 0.237. The third-order valence-electron chi connectivity index (χ3n) is 4.38. The Kier molecular flexibility index (Phi) is 6.00. The van der Waals surface area contributed by atoms with E-state index in [0.717, 1.165) is 30.4 Å². The summed E-state index contributed by atoms with van der Waals surface area (Å²) in [5.74, 6) is 1.15. The first-order valence-electron chi connectivity index (χ1n) is 8.11. The second-order valence-corrected chi connectivity index (χ2v) is 9.00. The number of likely N-dealkylation sites (tertiary alicyclic amines) is 1. The first-order chi connectivity index (χ1) is 11.5. The molecule has 0 saturated carbocycles. The molecule has 1 amide bonds. The molecule has 2 aromatic rings. The Morgan fingerprint density at radius 1 is 1.42 bits per heavy atom. The lowest BCUT2D eigenvalue weighted by Crippen LogP contribution is -2.40. The van der Waals surface area contributed by atoms with E-state index < -0.39 is 0 Å². The number of aryl methyl sites for hydroxylation is 2. The number of benzene rings is 1. The topological polar surface area (TPSA) is 33.2 Å². The van der Waals surface area contributed by atoms with E-state index in [2.05, 4.69) is 46.9 Å². The zero-order valence-electron chi connectivity index (χ0n) is 13.9. The van der Waals surface area contributed by atoms with Crippen LogP contribution in [-0.4, -0.2) is 34.6 Å². The van der Waals surface area contributed by atoms with Crippen molar-refractivity contribution < 1.29 is 4.79 Å². The lowest BCUT2D eigenvalue weighted by Gasteiger charge is -2.31. The van der Waals surface area contributed by atoms with Crippen LogP contribution in [0.5, 0.6) is 0 Å². The summed E-state index contributed by atoms with van der Waals surface area (Å²) in [7, 11) is 0. The van der Waals surface area contributed by atoms with Crippen LogP contribution in [-0.2, 0) is 4.79 Å². The maximum absolute atomic E-state index is 12.6. The number of nitrogens with zero attached hydrogens (tertiary/aromatic N) is 2. The van der Waals surface area contributed by atoms with Gasteiger partial charge in [0, 0.05) is 40.0 Å². The molecule has 0 N–H and O–H groups in total. The van der Waals surface area contributed by atoms with Crippen molar-refractivity contribution in [1.82, 2.24) is 9.88 Å². The van der Waals surface area contributed by atoms with E-state index in [1.165, 1.54) is 21.0 Å². The van der Waals surface area contributed by atoms with Gasteiger partial charge in [0.15, 0.2) is 0 Å². The van der Waals surface area contributed by atoms with Crippen molar-refractivity contribution in [1.29, 1.82) is 0 Å². The van der Waals surface area contributed by atoms with Crippen LogP contribution in [0.4, 0.5) is 0 Å². The van der Waals surface area contributed by atoms with Crippen molar-refractivity contribution in [3.05, 3.63) is 44.3 Å². The number of hydrogen-bond acceptors (Lipinski definition) is 4. The Bertz CT molecular complexity index is 718. The molecule has 0 radical (unpaired) electrons. The van der Waals surface area contributed by atoms with Crippen LogP contribution >= 0.6 is 39.0 Å². The molecule has 1 aromatic heterocycles. The molecule has 6 heteroatoms. The SMILES string of the molecule is Cc1cc(SCC(=O)N2CCCC(c3nccs3)C2)c(C)cc1Br. The van der Waals surface area contributed by atoms with Crippen LogP contribution in [0.2, 0.25) is 0 Å².